The van der Waals surface area contributed by atoms with Gasteiger partial charge in [0.25, 0.3) is 5.91 Å². The summed E-state index contributed by atoms with van der Waals surface area (Å²) < 4.78 is 5.81. The highest BCUT2D eigenvalue weighted by atomic mass is 16.5. The average molecular weight is 561 g/mol. The van der Waals surface area contributed by atoms with Crippen molar-refractivity contribution in [2.45, 2.75) is 50.3 Å². The molecule has 0 saturated carbocycles. The fraction of sp³-hybridized carbons (Fsp3) is 0.387. The summed E-state index contributed by atoms with van der Waals surface area (Å²) in [6.45, 7) is 0.459. The van der Waals surface area contributed by atoms with E-state index in [1.54, 1.807) is 0 Å². The Balaban J connectivity index is 1.37. The standard InChI is InChI=1S/C31H32N2O8/c1-33(19-8-14-5-3-4-6-15(14)9-19)13-17-11-21(34)24-20(27(17)41-2)10-16-7-18-12-22(35)25(30(32)39)29(38)31(18,40)28(37)23(16)26(24)36/h3-6,11,16,18-19,34-35,37,40H,7-10,12-13H2,1-2H3,(H2,32,39)/t16?,18-,31-/m0/s1. The molecule has 1 amide bonds. The zero-order valence-corrected chi connectivity index (χ0v) is 22.8. The van der Waals surface area contributed by atoms with Crippen LogP contribution in [0, 0.1) is 11.8 Å². The van der Waals surface area contributed by atoms with Crippen molar-refractivity contribution in [2.75, 3.05) is 14.2 Å². The van der Waals surface area contributed by atoms with Crippen molar-refractivity contribution in [3.8, 4) is 11.5 Å². The van der Waals surface area contributed by atoms with E-state index in [0.29, 0.717) is 23.4 Å². The predicted molar refractivity (Wildman–Crippen MR) is 146 cm³/mol. The number of aromatic hydroxyl groups is 1. The van der Waals surface area contributed by atoms with Gasteiger partial charge in [0.05, 0.1) is 12.7 Å². The van der Waals surface area contributed by atoms with Gasteiger partial charge in [0, 0.05) is 41.6 Å². The van der Waals surface area contributed by atoms with Crippen molar-refractivity contribution in [1.82, 2.24) is 4.90 Å². The lowest BCUT2D eigenvalue weighted by molar-refractivity contribution is -0.144. The number of amides is 1. The number of likely N-dealkylation sites (N-methyl/N-ethyl adjacent to an activating group) is 1. The maximum absolute atomic E-state index is 13.8. The molecule has 4 aliphatic rings. The van der Waals surface area contributed by atoms with E-state index in [-0.39, 0.29) is 42.2 Å². The Morgan fingerprint density at radius 1 is 1.10 bits per heavy atom. The quantitative estimate of drug-likeness (QED) is 0.344. The van der Waals surface area contributed by atoms with Crippen LogP contribution in [0.3, 0.4) is 0 Å². The summed E-state index contributed by atoms with van der Waals surface area (Å²) in [6.07, 6.45) is 1.80. The Labute approximate surface area is 236 Å². The Hall–Kier alpha value is -4.15. The topological polar surface area (TPSA) is 171 Å². The third-order valence-corrected chi connectivity index (χ3v) is 9.37. The van der Waals surface area contributed by atoms with E-state index in [1.807, 2.05) is 19.2 Å². The average Bonchev–Trinajstić information content (AvgIpc) is 3.35. The van der Waals surface area contributed by atoms with Crippen molar-refractivity contribution in [3.63, 3.8) is 0 Å². The molecule has 10 heteroatoms. The van der Waals surface area contributed by atoms with Crippen LogP contribution in [0.4, 0.5) is 0 Å². The molecule has 2 aromatic carbocycles. The Morgan fingerprint density at radius 2 is 1.76 bits per heavy atom. The summed E-state index contributed by atoms with van der Waals surface area (Å²) in [6, 6.07) is 10.1. The molecule has 3 atom stereocenters. The van der Waals surface area contributed by atoms with Crippen LogP contribution in [0.5, 0.6) is 11.5 Å². The minimum Gasteiger partial charge on any atom is -0.511 e. The predicted octanol–water partition coefficient (Wildman–Crippen LogP) is 2.19. The molecular formula is C31H32N2O8. The van der Waals surface area contributed by atoms with Crippen LogP contribution in [0.2, 0.25) is 0 Å². The van der Waals surface area contributed by atoms with Gasteiger partial charge in [-0.1, -0.05) is 24.3 Å². The summed E-state index contributed by atoms with van der Waals surface area (Å²) in [4.78, 5) is 41.0. The summed E-state index contributed by atoms with van der Waals surface area (Å²) in [7, 11) is 3.52. The van der Waals surface area contributed by atoms with Crippen molar-refractivity contribution >= 4 is 17.5 Å². The number of aliphatic hydroxyl groups is 3. The molecule has 4 aliphatic carbocycles. The molecule has 0 aromatic heterocycles. The number of benzene rings is 2. The van der Waals surface area contributed by atoms with Crippen LogP contribution in [0.15, 0.2) is 53.0 Å². The molecule has 0 spiro atoms. The molecule has 0 radical (unpaired) electrons. The number of allylic oxidation sites excluding steroid dienone is 2. The number of Topliss-reactive ketones (excluding diaryl/α,β-unsaturated/α-hetero) is 2. The second kappa shape index (κ2) is 9.46. The van der Waals surface area contributed by atoms with Gasteiger partial charge >= 0.3 is 0 Å². The van der Waals surface area contributed by atoms with Crippen LogP contribution in [0.1, 0.15) is 45.5 Å². The van der Waals surface area contributed by atoms with Gasteiger partial charge in [-0.05, 0) is 55.8 Å². The second-order valence-corrected chi connectivity index (χ2v) is 11.6. The van der Waals surface area contributed by atoms with Gasteiger partial charge in [0.2, 0.25) is 5.78 Å². The molecule has 2 aromatic rings. The Bertz CT molecular complexity index is 1570. The van der Waals surface area contributed by atoms with Crippen molar-refractivity contribution < 1.29 is 39.5 Å². The third kappa shape index (κ3) is 3.88. The number of hydrogen-bond donors (Lipinski definition) is 5. The molecule has 10 nitrogen and oxygen atoms in total. The van der Waals surface area contributed by atoms with Crippen LogP contribution >= 0.6 is 0 Å². The maximum Gasteiger partial charge on any atom is 0.255 e. The number of phenolic OH excluding ortho intramolecular Hbond substituents is 1. The first kappa shape index (κ1) is 27.0. The number of fused-ring (bicyclic) bond motifs is 4. The summed E-state index contributed by atoms with van der Waals surface area (Å²) in [5, 5.41) is 44.1. The molecule has 0 bridgehead atoms. The molecule has 0 saturated heterocycles. The first-order valence-electron chi connectivity index (χ1n) is 13.6. The van der Waals surface area contributed by atoms with Crippen LogP contribution in [0.25, 0.3) is 0 Å². The number of aliphatic hydroxyl groups excluding tert-OH is 2. The fourth-order valence-corrected chi connectivity index (χ4v) is 7.35. The molecule has 0 fully saturated rings. The lowest BCUT2D eigenvalue weighted by atomic mass is 9.60. The SMILES string of the molecule is COc1c(CN(C)C2Cc3ccccc3C2)cc(O)c2c1CC1C[C@H]3CC(O)=C(C(N)=O)C(=O)[C@@]3(O)C(O)=C1C2=O. The number of methoxy groups -OCH3 is 1. The first-order chi connectivity index (χ1) is 19.5. The van der Waals surface area contributed by atoms with Gasteiger partial charge in [0.1, 0.15) is 28.6 Å². The summed E-state index contributed by atoms with van der Waals surface area (Å²) in [5.74, 6) is -6.06. The first-order valence-corrected chi connectivity index (χ1v) is 13.6. The van der Waals surface area contributed by atoms with Gasteiger partial charge in [-0.3, -0.25) is 19.3 Å². The monoisotopic (exact) mass is 560 g/mol. The van der Waals surface area contributed by atoms with Gasteiger partial charge in [-0.2, -0.15) is 0 Å². The second-order valence-electron chi connectivity index (χ2n) is 11.6. The summed E-state index contributed by atoms with van der Waals surface area (Å²) in [5.41, 5.74) is 5.46. The highest BCUT2D eigenvalue weighted by Gasteiger charge is 2.59. The van der Waals surface area contributed by atoms with Gasteiger partial charge in [0.15, 0.2) is 11.4 Å². The minimum atomic E-state index is -2.59. The van der Waals surface area contributed by atoms with Crippen LogP contribution in [-0.4, -0.2) is 68.6 Å². The van der Waals surface area contributed by atoms with Crippen molar-refractivity contribution in [3.05, 3.63) is 80.8 Å². The van der Waals surface area contributed by atoms with Crippen molar-refractivity contribution in [1.29, 1.82) is 0 Å². The number of carbonyl (C=O) groups is 3. The number of hydrogen-bond acceptors (Lipinski definition) is 9. The highest BCUT2D eigenvalue weighted by Crippen LogP contribution is 2.53. The van der Waals surface area contributed by atoms with E-state index < -0.39 is 52.0 Å². The number of nitrogens with zero attached hydrogens (tertiary/aromatic N) is 1. The van der Waals surface area contributed by atoms with E-state index in [2.05, 4.69) is 17.0 Å². The molecule has 6 N–H and O–H groups in total. The van der Waals surface area contributed by atoms with E-state index in [4.69, 9.17) is 10.5 Å². The number of ketones is 2. The molecule has 41 heavy (non-hydrogen) atoms. The lowest BCUT2D eigenvalue weighted by Gasteiger charge is -2.45. The summed E-state index contributed by atoms with van der Waals surface area (Å²) >= 11 is 0. The Kier molecular flexibility index (Phi) is 6.24. The number of nitrogens with two attached hydrogens (primary N) is 1. The molecule has 0 heterocycles. The Morgan fingerprint density at radius 3 is 2.37 bits per heavy atom. The van der Waals surface area contributed by atoms with Gasteiger partial charge in [-0.15, -0.1) is 0 Å². The van der Waals surface area contributed by atoms with Crippen LogP contribution in [-0.2, 0) is 35.4 Å². The number of primary amides is 1. The van der Waals surface area contributed by atoms with E-state index in [1.165, 1.54) is 24.3 Å². The van der Waals surface area contributed by atoms with Gasteiger partial charge in [-0.25, -0.2) is 0 Å². The normalized spacial score (nSPS) is 25.7. The van der Waals surface area contributed by atoms with Gasteiger partial charge < -0.3 is 30.9 Å². The van der Waals surface area contributed by atoms with E-state index in [0.717, 1.165) is 12.8 Å². The fourth-order valence-electron chi connectivity index (χ4n) is 7.35. The number of ether oxygens (including phenoxy) is 1. The lowest BCUT2D eigenvalue weighted by Crippen LogP contribution is -2.57. The third-order valence-electron chi connectivity index (χ3n) is 9.37. The van der Waals surface area contributed by atoms with Crippen molar-refractivity contribution in [2.24, 2.45) is 17.6 Å². The molecular weight excluding hydrogens is 528 g/mol. The zero-order valence-electron chi connectivity index (χ0n) is 22.8. The number of phenols is 1. The molecule has 6 rings (SSSR count). The van der Waals surface area contributed by atoms with E-state index >= 15 is 0 Å². The van der Waals surface area contributed by atoms with Crippen LogP contribution < -0.4 is 10.5 Å². The minimum absolute atomic E-state index is 0.0573. The molecule has 214 valence electrons. The molecule has 1 unspecified atom stereocenters. The zero-order chi connectivity index (χ0) is 29.4. The highest BCUT2D eigenvalue weighted by molar-refractivity contribution is 6.24. The molecule has 0 aliphatic heterocycles. The van der Waals surface area contributed by atoms with E-state index in [9.17, 15) is 34.8 Å². The smallest absolute Gasteiger partial charge is 0.255 e. The largest absolute Gasteiger partial charge is 0.511 e. The number of rotatable bonds is 5. The number of carbonyl (C=O) groups excluding carboxylic acids is 3. The maximum atomic E-state index is 13.8.